The number of anilines is 2. The summed E-state index contributed by atoms with van der Waals surface area (Å²) < 4.78 is 22.4. The first kappa shape index (κ1) is 20.5. The molecule has 1 aliphatic heterocycles. The van der Waals surface area contributed by atoms with Crippen LogP contribution in [0.5, 0.6) is 0 Å². The Morgan fingerprint density at radius 2 is 2.08 bits per heavy atom. The van der Waals surface area contributed by atoms with E-state index in [0.717, 1.165) is 37.3 Å². The maximum absolute atomic E-state index is 12.3. The van der Waals surface area contributed by atoms with Crippen LogP contribution in [0.3, 0.4) is 0 Å². The van der Waals surface area contributed by atoms with Crippen LogP contribution in [0.4, 0.5) is 11.5 Å². The first-order valence-electron chi connectivity index (χ1n) is 9.10. The number of nitrogens with one attached hydrogen (secondary N) is 1. The number of likely N-dealkylation sites (tertiary alicyclic amines) is 1. The summed E-state index contributed by atoms with van der Waals surface area (Å²) in [5.41, 5.74) is 0.994. The van der Waals surface area contributed by atoms with Gasteiger partial charge in [-0.05, 0) is 37.8 Å². The topological polar surface area (TPSA) is 82.6 Å². The average Bonchev–Trinajstić information content (AvgIpc) is 2.80. The minimum atomic E-state index is -3.00. The molecule has 1 aromatic rings. The molecule has 0 aromatic carbocycles. The minimum absolute atomic E-state index is 0.0614. The molecular formula is C18H30N4O3S. The second kappa shape index (κ2) is 9.21. The van der Waals surface area contributed by atoms with E-state index >= 15 is 0 Å². The minimum Gasteiger partial charge on any atom is -0.381 e. The molecular weight excluding hydrogens is 352 g/mol. The van der Waals surface area contributed by atoms with E-state index in [2.05, 4.69) is 10.3 Å². The number of sulfone groups is 1. The van der Waals surface area contributed by atoms with Gasteiger partial charge in [-0.15, -0.1) is 0 Å². The van der Waals surface area contributed by atoms with Gasteiger partial charge in [-0.1, -0.05) is 0 Å². The molecule has 0 bridgehead atoms. The number of carbonyl (C=O) groups is 1. The highest BCUT2D eigenvalue weighted by Crippen LogP contribution is 2.18. The number of nitrogens with zero attached hydrogens (tertiary/aromatic N) is 3. The predicted molar refractivity (Wildman–Crippen MR) is 105 cm³/mol. The SMILES string of the molecule is CN(C)c1ccc(N[C@@H]2CCCN(C(=O)CCCS(C)(=O)=O)CC2)cn1. The highest BCUT2D eigenvalue weighted by molar-refractivity contribution is 7.90. The van der Waals surface area contributed by atoms with E-state index in [1.807, 2.05) is 42.2 Å². The maximum atomic E-state index is 12.3. The first-order chi connectivity index (χ1) is 12.2. The summed E-state index contributed by atoms with van der Waals surface area (Å²) in [7, 11) is 0.922. The lowest BCUT2D eigenvalue weighted by Gasteiger charge is -2.21. The Labute approximate surface area is 156 Å². The van der Waals surface area contributed by atoms with Crippen LogP contribution in [0.1, 0.15) is 32.1 Å². The zero-order valence-electron chi connectivity index (χ0n) is 15.9. The van der Waals surface area contributed by atoms with Crippen molar-refractivity contribution in [3.8, 4) is 0 Å². The Balaban J connectivity index is 1.80. The largest absolute Gasteiger partial charge is 0.381 e. The standard InChI is InChI=1S/C18H30N4O3S/c1-21(2)17-9-8-16(14-19-17)20-15-6-4-11-22(12-10-15)18(23)7-5-13-26(3,24)25/h8-9,14-15,20H,4-7,10-13H2,1-3H3/t15-/m1/s1. The molecule has 1 amide bonds. The second-order valence-electron chi connectivity index (χ2n) is 7.19. The zero-order chi connectivity index (χ0) is 19.2. The molecule has 26 heavy (non-hydrogen) atoms. The third-order valence-electron chi connectivity index (χ3n) is 4.56. The van der Waals surface area contributed by atoms with E-state index in [1.165, 1.54) is 6.26 Å². The van der Waals surface area contributed by atoms with Crippen LogP contribution in [0.2, 0.25) is 0 Å². The molecule has 2 heterocycles. The molecule has 1 aromatic heterocycles. The Kier molecular flexibility index (Phi) is 7.25. The van der Waals surface area contributed by atoms with Gasteiger partial charge in [-0.25, -0.2) is 13.4 Å². The Morgan fingerprint density at radius 1 is 1.31 bits per heavy atom. The van der Waals surface area contributed by atoms with E-state index < -0.39 is 9.84 Å². The van der Waals surface area contributed by atoms with Crippen LogP contribution in [0.15, 0.2) is 18.3 Å². The van der Waals surface area contributed by atoms with Gasteiger partial charge in [0.2, 0.25) is 5.91 Å². The van der Waals surface area contributed by atoms with Crippen molar-refractivity contribution in [3.63, 3.8) is 0 Å². The molecule has 1 aliphatic rings. The quantitative estimate of drug-likeness (QED) is 0.774. The Bertz CT molecular complexity index is 689. The van der Waals surface area contributed by atoms with Crippen molar-refractivity contribution in [3.05, 3.63) is 18.3 Å². The van der Waals surface area contributed by atoms with Gasteiger partial charge in [-0.2, -0.15) is 0 Å². The average molecular weight is 383 g/mol. The molecule has 1 saturated heterocycles. The number of rotatable bonds is 7. The zero-order valence-corrected chi connectivity index (χ0v) is 16.8. The molecule has 0 unspecified atom stereocenters. The van der Waals surface area contributed by atoms with Gasteiger partial charge in [0.05, 0.1) is 17.6 Å². The first-order valence-corrected chi connectivity index (χ1v) is 11.2. The Hall–Kier alpha value is -1.83. The number of hydrogen-bond donors (Lipinski definition) is 1. The van der Waals surface area contributed by atoms with Gasteiger partial charge in [0, 0.05) is 45.9 Å². The molecule has 1 atom stereocenters. The predicted octanol–water partition coefficient (Wildman–Crippen LogP) is 1.77. The molecule has 1 fully saturated rings. The summed E-state index contributed by atoms with van der Waals surface area (Å²) in [5.74, 6) is 1.06. The number of aromatic nitrogens is 1. The van der Waals surface area contributed by atoms with Crippen molar-refractivity contribution in [2.75, 3.05) is 49.4 Å². The summed E-state index contributed by atoms with van der Waals surface area (Å²) in [5, 5.41) is 3.51. The van der Waals surface area contributed by atoms with Crippen LogP contribution >= 0.6 is 0 Å². The number of hydrogen-bond acceptors (Lipinski definition) is 6. The molecule has 0 spiro atoms. The smallest absolute Gasteiger partial charge is 0.222 e. The van der Waals surface area contributed by atoms with Crippen molar-refractivity contribution >= 4 is 27.2 Å². The monoisotopic (exact) mass is 382 g/mol. The van der Waals surface area contributed by atoms with Crippen LogP contribution in [-0.2, 0) is 14.6 Å². The van der Waals surface area contributed by atoms with E-state index in [0.29, 0.717) is 25.4 Å². The van der Waals surface area contributed by atoms with E-state index in [-0.39, 0.29) is 11.7 Å². The number of amides is 1. The summed E-state index contributed by atoms with van der Waals surface area (Å²) in [4.78, 5) is 20.5. The Morgan fingerprint density at radius 3 is 2.69 bits per heavy atom. The van der Waals surface area contributed by atoms with Crippen molar-refractivity contribution < 1.29 is 13.2 Å². The van der Waals surface area contributed by atoms with Crippen molar-refractivity contribution in [2.45, 2.75) is 38.1 Å². The van der Waals surface area contributed by atoms with Gasteiger partial charge in [0.15, 0.2) is 0 Å². The maximum Gasteiger partial charge on any atom is 0.222 e. The lowest BCUT2D eigenvalue weighted by Crippen LogP contribution is -2.32. The fraction of sp³-hybridized carbons (Fsp3) is 0.667. The fourth-order valence-corrected chi connectivity index (χ4v) is 3.77. The highest BCUT2D eigenvalue weighted by atomic mass is 32.2. The van der Waals surface area contributed by atoms with Gasteiger partial charge in [-0.3, -0.25) is 4.79 Å². The molecule has 0 radical (unpaired) electrons. The van der Waals surface area contributed by atoms with Crippen LogP contribution in [0.25, 0.3) is 0 Å². The molecule has 7 nitrogen and oxygen atoms in total. The van der Waals surface area contributed by atoms with Gasteiger partial charge in [0.1, 0.15) is 15.7 Å². The van der Waals surface area contributed by atoms with Crippen molar-refractivity contribution in [2.24, 2.45) is 0 Å². The second-order valence-corrected chi connectivity index (χ2v) is 9.45. The third-order valence-corrected chi connectivity index (χ3v) is 5.59. The molecule has 0 aliphatic carbocycles. The highest BCUT2D eigenvalue weighted by Gasteiger charge is 2.20. The van der Waals surface area contributed by atoms with Crippen molar-refractivity contribution in [1.29, 1.82) is 0 Å². The van der Waals surface area contributed by atoms with Gasteiger partial charge >= 0.3 is 0 Å². The van der Waals surface area contributed by atoms with E-state index in [4.69, 9.17) is 0 Å². The lowest BCUT2D eigenvalue weighted by atomic mass is 10.1. The fourth-order valence-electron chi connectivity index (χ4n) is 3.11. The van der Waals surface area contributed by atoms with Crippen LogP contribution < -0.4 is 10.2 Å². The third kappa shape index (κ3) is 6.82. The summed E-state index contributed by atoms with van der Waals surface area (Å²) >= 11 is 0. The summed E-state index contributed by atoms with van der Waals surface area (Å²) in [6.07, 6.45) is 6.59. The lowest BCUT2D eigenvalue weighted by molar-refractivity contribution is -0.131. The molecule has 0 saturated carbocycles. The molecule has 8 heteroatoms. The van der Waals surface area contributed by atoms with E-state index in [9.17, 15) is 13.2 Å². The summed E-state index contributed by atoms with van der Waals surface area (Å²) in [6.45, 7) is 1.45. The molecule has 2 rings (SSSR count). The van der Waals surface area contributed by atoms with E-state index in [1.54, 1.807) is 0 Å². The molecule has 1 N–H and O–H groups in total. The van der Waals surface area contributed by atoms with Crippen LogP contribution in [0, 0.1) is 0 Å². The normalized spacial score (nSPS) is 18.3. The number of carbonyl (C=O) groups excluding carboxylic acids is 1. The molecule has 146 valence electrons. The summed E-state index contributed by atoms with van der Waals surface area (Å²) in [6, 6.07) is 4.33. The van der Waals surface area contributed by atoms with Crippen LogP contribution in [-0.4, -0.2) is 69.4 Å². The van der Waals surface area contributed by atoms with Gasteiger partial charge in [0.25, 0.3) is 0 Å². The van der Waals surface area contributed by atoms with Gasteiger partial charge < -0.3 is 15.1 Å². The van der Waals surface area contributed by atoms with Crippen molar-refractivity contribution in [1.82, 2.24) is 9.88 Å². The number of pyridine rings is 1.